The largest absolute Gasteiger partial charge is 0.444 e. The average Bonchev–Trinajstić information content (AvgIpc) is 3.61. The summed E-state index contributed by atoms with van der Waals surface area (Å²) < 4.78 is 63.9. The average molecular weight is 762 g/mol. The predicted octanol–water partition coefficient (Wildman–Crippen LogP) is 6.35. The summed E-state index contributed by atoms with van der Waals surface area (Å²) in [6.45, 7) is 21.0. The molecule has 53 heavy (non-hydrogen) atoms. The number of nitrogens with one attached hydrogen (secondary N) is 1. The number of aliphatic hydroxyl groups is 1. The number of alkyl carbamates (subject to hydrolysis) is 1. The molecule has 3 saturated heterocycles. The standard InChI is InChI=1S/C41H63NO10S/c1-9-19-48-20-13-14-31-22-28(3)35(49-31)18-17-32-21-27(2)29(4)36(50-32)24-37-34(26-53(45,46)33-15-11-10-12-16-33)39(47-8)38(51-37)23-30(43)25-42-40(44)52-41(5,6)7/h9-12,15-16,27,30-32,34-39,43H,1,3-4,13-14,17-26H2,2,5-8H3,(H,42,44)/t27?,30?,31?,32?,34?,35?,36?,37?,38?,39-/m1/s1. The molecule has 1 aromatic carbocycles. The lowest BCUT2D eigenvalue weighted by Crippen LogP contribution is -2.41. The minimum Gasteiger partial charge on any atom is -0.444 e. The molecule has 9 unspecified atom stereocenters. The molecule has 11 nitrogen and oxygen atoms in total. The Morgan fingerprint density at radius 1 is 1.06 bits per heavy atom. The fourth-order valence-electron chi connectivity index (χ4n) is 7.69. The third-order valence-electron chi connectivity index (χ3n) is 10.4. The van der Waals surface area contributed by atoms with E-state index < -0.39 is 51.9 Å². The van der Waals surface area contributed by atoms with Crippen LogP contribution in [0.5, 0.6) is 0 Å². The lowest BCUT2D eigenvalue weighted by molar-refractivity contribution is -0.0774. The monoisotopic (exact) mass is 761 g/mol. The molecule has 298 valence electrons. The molecule has 3 fully saturated rings. The summed E-state index contributed by atoms with van der Waals surface area (Å²) in [5, 5.41) is 13.6. The number of carbonyl (C=O) groups is 1. The Morgan fingerprint density at radius 3 is 2.45 bits per heavy atom. The number of hydrogen-bond donors (Lipinski definition) is 2. The van der Waals surface area contributed by atoms with Gasteiger partial charge in [0, 0.05) is 39.0 Å². The number of carbonyl (C=O) groups excluding carboxylic acids is 1. The fraction of sp³-hybridized carbons (Fsp3) is 0.683. The molecule has 3 aliphatic rings. The second kappa shape index (κ2) is 19.8. The molecule has 0 radical (unpaired) electrons. The lowest BCUT2D eigenvalue weighted by Gasteiger charge is -2.38. The van der Waals surface area contributed by atoms with E-state index in [4.69, 9.17) is 28.4 Å². The van der Waals surface area contributed by atoms with Crippen molar-refractivity contribution in [2.75, 3.05) is 32.6 Å². The Hall–Kier alpha value is -2.58. The molecule has 12 heteroatoms. The van der Waals surface area contributed by atoms with Crippen molar-refractivity contribution in [1.29, 1.82) is 0 Å². The molecule has 0 aromatic heterocycles. The van der Waals surface area contributed by atoms with Crippen LogP contribution in [0.3, 0.4) is 0 Å². The Morgan fingerprint density at radius 2 is 1.77 bits per heavy atom. The Kier molecular flexibility index (Phi) is 16.2. The van der Waals surface area contributed by atoms with E-state index in [1.54, 1.807) is 57.2 Å². The molecule has 0 bridgehead atoms. The van der Waals surface area contributed by atoms with Gasteiger partial charge in [-0.3, -0.25) is 0 Å². The zero-order chi connectivity index (χ0) is 38.8. The minimum atomic E-state index is -3.72. The van der Waals surface area contributed by atoms with Gasteiger partial charge < -0.3 is 38.8 Å². The molecule has 3 heterocycles. The van der Waals surface area contributed by atoms with E-state index in [0.717, 1.165) is 49.7 Å². The van der Waals surface area contributed by atoms with Crippen LogP contribution in [0.15, 0.2) is 72.2 Å². The van der Waals surface area contributed by atoms with Crippen molar-refractivity contribution in [3.05, 3.63) is 67.3 Å². The fourth-order valence-corrected chi connectivity index (χ4v) is 9.36. The molecule has 10 atom stereocenters. The number of sulfone groups is 1. The van der Waals surface area contributed by atoms with E-state index in [9.17, 15) is 18.3 Å². The number of rotatable bonds is 19. The van der Waals surface area contributed by atoms with Crippen LogP contribution in [-0.4, -0.2) is 107 Å². The van der Waals surface area contributed by atoms with Crippen molar-refractivity contribution in [2.24, 2.45) is 11.8 Å². The van der Waals surface area contributed by atoms with Crippen molar-refractivity contribution in [3.63, 3.8) is 0 Å². The maximum Gasteiger partial charge on any atom is 0.407 e. The van der Waals surface area contributed by atoms with Crippen molar-refractivity contribution in [1.82, 2.24) is 5.32 Å². The minimum absolute atomic E-state index is 0.0122. The predicted molar refractivity (Wildman–Crippen MR) is 204 cm³/mol. The number of methoxy groups -OCH3 is 1. The number of amides is 1. The van der Waals surface area contributed by atoms with E-state index in [-0.39, 0.29) is 53.9 Å². The van der Waals surface area contributed by atoms with E-state index in [1.165, 1.54) is 7.11 Å². The third kappa shape index (κ3) is 13.0. The van der Waals surface area contributed by atoms with Crippen molar-refractivity contribution >= 4 is 15.9 Å². The second-order valence-electron chi connectivity index (χ2n) is 15.8. The molecule has 0 aliphatic carbocycles. The first kappa shape index (κ1) is 43.2. The molecule has 3 aliphatic heterocycles. The molecule has 4 rings (SSSR count). The van der Waals surface area contributed by atoms with Gasteiger partial charge in [-0.2, -0.15) is 0 Å². The Bertz CT molecular complexity index is 1460. The topological polar surface area (TPSA) is 139 Å². The normalized spacial score (nSPS) is 30.0. The quantitative estimate of drug-likeness (QED) is 0.121. The van der Waals surface area contributed by atoms with Crippen LogP contribution in [0.2, 0.25) is 0 Å². The Labute approximate surface area is 317 Å². The van der Waals surface area contributed by atoms with Gasteiger partial charge in [-0.15, -0.1) is 6.58 Å². The van der Waals surface area contributed by atoms with Gasteiger partial charge in [-0.25, -0.2) is 13.2 Å². The van der Waals surface area contributed by atoms with Crippen molar-refractivity contribution < 1.29 is 46.7 Å². The van der Waals surface area contributed by atoms with E-state index in [2.05, 4.69) is 32.0 Å². The van der Waals surface area contributed by atoms with Gasteiger partial charge in [0.2, 0.25) is 0 Å². The highest BCUT2D eigenvalue weighted by Crippen LogP contribution is 2.41. The highest BCUT2D eigenvalue weighted by molar-refractivity contribution is 7.91. The van der Waals surface area contributed by atoms with E-state index in [0.29, 0.717) is 19.6 Å². The maximum atomic E-state index is 13.7. The summed E-state index contributed by atoms with van der Waals surface area (Å²) in [4.78, 5) is 12.5. The SMILES string of the molecule is C=CCOCCCC1CC(=C)C(CCC2CC(C)C(=C)C(CC3OC(CC(O)CNC(=O)OC(C)(C)C)[C@H](OC)C3CS(=O)(=O)c3ccccc3)O2)O1. The summed E-state index contributed by atoms with van der Waals surface area (Å²) >= 11 is 0. The van der Waals surface area contributed by atoms with Crippen LogP contribution in [0.25, 0.3) is 0 Å². The number of benzene rings is 1. The van der Waals surface area contributed by atoms with Crippen LogP contribution in [-0.2, 0) is 38.3 Å². The van der Waals surface area contributed by atoms with Gasteiger partial charge in [-0.1, -0.05) is 44.4 Å². The molecule has 2 N–H and O–H groups in total. The van der Waals surface area contributed by atoms with E-state index in [1.807, 2.05) is 0 Å². The van der Waals surface area contributed by atoms with Gasteiger partial charge in [-0.05, 0) is 88.5 Å². The summed E-state index contributed by atoms with van der Waals surface area (Å²) in [6.07, 6.45) is 3.69. The second-order valence-corrected chi connectivity index (χ2v) is 17.9. The highest BCUT2D eigenvalue weighted by Gasteiger charge is 2.49. The van der Waals surface area contributed by atoms with Crippen LogP contribution in [0, 0.1) is 11.8 Å². The van der Waals surface area contributed by atoms with Gasteiger partial charge in [0.1, 0.15) is 5.60 Å². The third-order valence-corrected chi connectivity index (χ3v) is 12.2. The molecule has 1 amide bonds. The number of ether oxygens (including phenoxy) is 6. The van der Waals surface area contributed by atoms with E-state index >= 15 is 0 Å². The molecular weight excluding hydrogens is 699 g/mol. The maximum absolute atomic E-state index is 13.7. The summed E-state index contributed by atoms with van der Waals surface area (Å²) in [6, 6.07) is 8.37. The van der Waals surface area contributed by atoms with Crippen molar-refractivity contribution in [3.8, 4) is 0 Å². The molecule has 0 spiro atoms. The molecular formula is C41H63NO10S. The van der Waals surface area contributed by atoms with Crippen molar-refractivity contribution in [2.45, 2.75) is 138 Å². The first-order valence-corrected chi connectivity index (χ1v) is 20.7. The van der Waals surface area contributed by atoms with Gasteiger partial charge in [0.25, 0.3) is 0 Å². The van der Waals surface area contributed by atoms with Crippen LogP contribution in [0.1, 0.15) is 79.1 Å². The smallest absolute Gasteiger partial charge is 0.407 e. The van der Waals surface area contributed by atoms with Crippen LogP contribution in [0.4, 0.5) is 4.79 Å². The summed E-state index contributed by atoms with van der Waals surface area (Å²) in [5.41, 5.74) is 1.39. The first-order valence-electron chi connectivity index (χ1n) is 19.1. The van der Waals surface area contributed by atoms with Gasteiger partial charge >= 0.3 is 6.09 Å². The zero-order valence-electron chi connectivity index (χ0n) is 32.4. The summed E-state index contributed by atoms with van der Waals surface area (Å²) in [7, 11) is -2.18. The van der Waals surface area contributed by atoms with Gasteiger partial charge in [0.15, 0.2) is 9.84 Å². The Balaban J connectivity index is 1.42. The van der Waals surface area contributed by atoms with Crippen LogP contribution >= 0.6 is 0 Å². The lowest BCUT2D eigenvalue weighted by atomic mass is 9.83. The van der Waals surface area contributed by atoms with Crippen LogP contribution < -0.4 is 5.32 Å². The summed E-state index contributed by atoms with van der Waals surface area (Å²) in [5.74, 6) is -0.566. The number of aliphatic hydroxyl groups excluding tert-OH is 1. The van der Waals surface area contributed by atoms with Gasteiger partial charge in [0.05, 0.1) is 66.1 Å². The highest BCUT2D eigenvalue weighted by atomic mass is 32.2. The number of hydrogen-bond acceptors (Lipinski definition) is 10. The molecule has 1 aromatic rings. The first-order chi connectivity index (χ1) is 25.1. The molecule has 0 saturated carbocycles. The zero-order valence-corrected chi connectivity index (χ0v) is 33.2.